The molecule has 3 nitrogen and oxygen atoms in total. The van der Waals surface area contributed by atoms with E-state index >= 15 is 0 Å². The number of benzene rings is 1. The highest BCUT2D eigenvalue weighted by Crippen LogP contribution is 2.32. The molecule has 18 heavy (non-hydrogen) atoms. The van der Waals surface area contributed by atoms with E-state index in [1.165, 1.54) is 17.0 Å². The van der Waals surface area contributed by atoms with Gasteiger partial charge in [-0.15, -0.1) is 11.3 Å². The average Bonchev–Trinajstić information content (AvgIpc) is 2.67. The molecule has 1 aromatic carbocycles. The van der Waals surface area contributed by atoms with Crippen molar-refractivity contribution in [3.05, 3.63) is 44.6 Å². The predicted molar refractivity (Wildman–Crippen MR) is 75.2 cm³/mol. The maximum absolute atomic E-state index is 12.2. The number of hydrogen-bond donors (Lipinski definition) is 1. The number of amides is 1. The van der Waals surface area contributed by atoms with E-state index < -0.39 is 0 Å². The molecule has 2 rings (SSSR count). The molecule has 0 radical (unpaired) electrons. The molecule has 94 valence electrons. The highest BCUT2D eigenvalue weighted by atomic mass is 35.5. The SMILES string of the molecule is CN(C(=O)c1cc(Cl)sc1Cl)c1ccc(O)cc1. The molecule has 0 saturated heterocycles. The fourth-order valence-electron chi connectivity index (χ4n) is 1.46. The Morgan fingerprint density at radius 1 is 1.28 bits per heavy atom. The van der Waals surface area contributed by atoms with E-state index in [4.69, 9.17) is 23.2 Å². The Balaban J connectivity index is 2.29. The number of thiophene rings is 1. The van der Waals surface area contributed by atoms with Gasteiger partial charge in [-0.25, -0.2) is 0 Å². The molecule has 0 aliphatic heterocycles. The first-order valence-electron chi connectivity index (χ1n) is 5.01. The van der Waals surface area contributed by atoms with Crippen molar-refractivity contribution in [2.75, 3.05) is 11.9 Å². The van der Waals surface area contributed by atoms with Crippen molar-refractivity contribution in [2.24, 2.45) is 0 Å². The molecule has 1 N–H and O–H groups in total. The van der Waals surface area contributed by atoms with Crippen molar-refractivity contribution in [1.82, 2.24) is 0 Å². The summed E-state index contributed by atoms with van der Waals surface area (Å²) in [6.07, 6.45) is 0. The molecule has 1 heterocycles. The Labute approximate surface area is 118 Å². The minimum atomic E-state index is -0.242. The fourth-order valence-corrected chi connectivity index (χ4v) is 2.91. The van der Waals surface area contributed by atoms with Crippen molar-refractivity contribution in [1.29, 1.82) is 0 Å². The van der Waals surface area contributed by atoms with E-state index in [9.17, 15) is 9.90 Å². The highest BCUT2D eigenvalue weighted by molar-refractivity contribution is 7.20. The minimum Gasteiger partial charge on any atom is -0.508 e. The van der Waals surface area contributed by atoms with Gasteiger partial charge >= 0.3 is 0 Å². The van der Waals surface area contributed by atoms with Crippen LogP contribution in [0.3, 0.4) is 0 Å². The molecular weight excluding hydrogens is 293 g/mol. The second-order valence-electron chi connectivity index (χ2n) is 3.62. The van der Waals surface area contributed by atoms with Crippen molar-refractivity contribution >= 4 is 46.1 Å². The van der Waals surface area contributed by atoms with Crippen LogP contribution in [-0.2, 0) is 0 Å². The third-order valence-corrected chi connectivity index (χ3v) is 3.92. The second kappa shape index (κ2) is 5.18. The van der Waals surface area contributed by atoms with E-state index in [2.05, 4.69) is 0 Å². The first-order valence-corrected chi connectivity index (χ1v) is 6.58. The van der Waals surface area contributed by atoms with Gasteiger partial charge in [-0.2, -0.15) is 0 Å². The average molecular weight is 302 g/mol. The number of phenols is 1. The molecule has 0 aliphatic carbocycles. The zero-order valence-electron chi connectivity index (χ0n) is 9.35. The molecular formula is C12H9Cl2NO2S. The third-order valence-electron chi connectivity index (χ3n) is 2.43. The van der Waals surface area contributed by atoms with Gasteiger partial charge in [0.2, 0.25) is 0 Å². The van der Waals surface area contributed by atoms with Gasteiger partial charge in [-0.3, -0.25) is 4.79 Å². The summed E-state index contributed by atoms with van der Waals surface area (Å²) in [5, 5.41) is 9.20. The van der Waals surface area contributed by atoms with Gasteiger partial charge in [0.25, 0.3) is 5.91 Å². The quantitative estimate of drug-likeness (QED) is 0.909. The number of halogens is 2. The number of nitrogens with zero attached hydrogens (tertiary/aromatic N) is 1. The molecule has 1 aromatic heterocycles. The Morgan fingerprint density at radius 2 is 1.89 bits per heavy atom. The number of aromatic hydroxyl groups is 1. The van der Waals surface area contributed by atoms with Crippen LogP contribution in [0.1, 0.15) is 10.4 Å². The Kier molecular flexibility index (Phi) is 3.80. The Hall–Kier alpha value is -1.23. The van der Waals surface area contributed by atoms with Crippen LogP contribution in [0, 0.1) is 0 Å². The van der Waals surface area contributed by atoms with Gasteiger partial charge in [-0.1, -0.05) is 23.2 Å². The predicted octanol–water partition coefficient (Wildman–Crippen LogP) is 4.04. The second-order valence-corrected chi connectivity index (χ2v) is 5.90. The monoisotopic (exact) mass is 301 g/mol. The van der Waals surface area contributed by atoms with Crippen LogP contribution in [-0.4, -0.2) is 18.1 Å². The van der Waals surface area contributed by atoms with Crippen molar-refractivity contribution in [3.63, 3.8) is 0 Å². The smallest absolute Gasteiger partial charge is 0.260 e. The van der Waals surface area contributed by atoms with Crippen LogP contribution in [0.25, 0.3) is 0 Å². The van der Waals surface area contributed by atoms with Gasteiger partial charge in [-0.05, 0) is 30.3 Å². The van der Waals surface area contributed by atoms with Crippen LogP contribution in [0.2, 0.25) is 8.67 Å². The molecule has 0 spiro atoms. The maximum Gasteiger partial charge on any atom is 0.260 e. The lowest BCUT2D eigenvalue weighted by molar-refractivity contribution is 0.0993. The van der Waals surface area contributed by atoms with Crippen molar-refractivity contribution in [3.8, 4) is 5.75 Å². The summed E-state index contributed by atoms with van der Waals surface area (Å²) < 4.78 is 0.845. The summed E-state index contributed by atoms with van der Waals surface area (Å²) in [5.41, 5.74) is 1.04. The minimum absolute atomic E-state index is 0.149. The lowest BCUT2D eigenvalue weighted by atomic mass is 10.2. The fraction of sp³-hybridized carbons (Fsp3) is 0.0833. The summed E-state index contributed by atoms with van der Waals surface area (Å²) in [4.78, 5) is 13.6. The molecule has 2 aromatic rings. The standard InChI is InChI=1S/C12H9Cl2NO2S/c1-15(7-2-4-8(16)5-3-7)12(17)9-6-10(13)18-11(9)14/h2-6,16H,1H3. The zero-order chi connectivity index (χ0) is 13.3. The summed E-state index contributed by atoms with van der Waals surface area (Å²) in [7, 11) is 1.64. The number of rotatable bonds is 2. The largest absolute Gasteiger partial charge is 0.508 e. The van der Waals surface area contributed by atoms with Gasteiger partial charge in [0.05, 0.1) is 9.90 Å². The van der Waals surface area contributed by atoms with Gasteiger partial charge in [0.1, 0.15) is 10.1 Å². The number of hydrogen-bond acceptors (Lipinski definition) is 3. The summed E-state index contributed by atoms with van der Waals surface area (Å²) in [6, 6.07) is 7.88. The van der Waals surface area contributed by atoms with E-state index in [0.717, 1.165) is 11.3 Å². The molecule has 0 fully saturated rings. The van der Waals surface area contributed by atoms with Gasteiger partial charge < -0.3 is 10.0 Å². The van der Waals surface area contributed by atoms with Gasteiger partial charge in [0.15, 0.2) is 0 Å². The van der Waals surface area contributed by atoms with Crippen LogP contribution < -0.4 is 4.90 Å². The maximum atomic E-state index is 12.2. The van der Waals surface area contributed by atoms with E-state index in [1.807, 2.05) is 0 Å². The van der Waals surface area contributed by atoms with E-state index in [-0.39, 0.29) is 11.7 Å². The van der Waals surface area contributed by atoms with E-state index in [1.54, 1.807) is 25.2 Å². The number of anilines is 1. The molecule has 0 bridgehead atoms. The van der Waals surface area contributed by atoms with Crippen LogP contribution >= 0.6 is 34.5 Å². The molecule has 0 saturated carbocycles. The number of phenolic OH excluding ortho intramolecular Hbond substituents is 1. The lowest BCUT2D eigenvalue weighted by Crippen LogP contribution is -2.25. The summed E-state index contributed by atoms with van der Waals surface area (Å²) in [5.74, 6) is -0.0925. The molecule has 1 amide bonds. The van der Waals surface area contributed by atoms with Crippen LogP contribution in [0.5, 0.6) is 5.75 Å². The van der Waals surface area contributed by atoms with E-state index in [0.29, 0.717) is 19.9 Å². The lowest BCUT2D eigenvalue weighted by Gasteiger charge is -2.16. The van der Waals surface area contributed by atoms with Crippen molar-refractivity contribution < 1.29 is 9.90 Å². The first kappa shape index (κ1) is 13.2. The molecule has 6 heteroatoms. The Morgan fingerprint density at radius 3 is 2.39 bits per heavy atom. The zero-order valence-corrected chi connectivity index (χ0v) is 11.7. The summed E-state index contributed by atoms with van der Waals surface area (Å²) >= 11 is 12.9. The van der Waals surface area contributed by atoms with Gasteiger partial charge in [0, 0.05) is 12.7 Å². The normalized spacial score (nSPS) is 10.4. The Bertz CT molecular complexity index is 580. The third kappa shape index (κ3) is 2.61. The number of carbonyl (C=O) groups excluding carboxylic acids is 1. The van der Waals surface area contributed by atoms with Crippen LogP contribution in [0.15, 0.2) is 30.3 Å². The van der Waals surface area contributed by atoms with Crippen molar-refractivity contribution in [2.45, 2.75) is 0 Å². The molecule has 0 unspecified atom stereocenters. The van der Waals surface area contributed by atoms with Crippen LogP contribution in [0.4, 0.5) is 5.69 Å². The number of carbonyl (C=O) groups is 1. The molecule has 0 atom stereocenters. The highest BCUT2D eigenvalue weighted by Gasteiger charge is 2.19. The first-order chi connectivity index (χ1) is 8.49. The summed E-state index contributed by atoms with van der Waals surface area (Å²) in [6.45, 7) is 0. The topological polar surface area (TPSA) is 40.5 Å². The molecule has 0 aliphatic rings.